The van der Waals surface area contributed by atoms with E-state index in [4.69, 9.17) is 19.4 Å². The molecule has 0 amide bonds. The van der Waals surface area contributed by atoms with Crippen LogP contribution in [-0.4, -0.2) is 15.0 Å². The number of para-hydroxylation sites is 2. The van der Waals surface area contributed by atoms with Crippen LogP contribution in [0, 0.1) is 11.3 Å². The van der Waals surface area contributed by atoms with Gasteiger partial charge in [-0.1, -0.05) is 127 Å². The zero-order valence-corrected chi connectivity index (χ0v) is 28.4. The molecular weight excluding hydrogens is 657 g/mol. The molecule has 52 heavy (non-hydrogen) atoms. The van der Waals surface area contributed by atoms with Crippen LogP contribution in [0.1, 0.15) is 5.56 Å². The third-order valence-corrected chi connectivity index (χ3v) is 10.7. The summed E-state index contributed by atoms with van der Waals surface area (Å²) >= 11 is 1.78. The number of thiophene rings is 1. The molecule has 0 fully saturated rings. The molecule has 3 aromatic heterocycles. The van der Waals surface area contributed by atoms with Crippen LogP contribution in [-0.2, 0) is 0 Å². The van der Waals surface area contributed by atoms with Crippen molar-refractivity contribution < 1.29 is 4.42 Å². The van der Waals surface area contributed by atoms with E-state index >= 15 is 0 Å². The lowest BCUT2D eigenvalue weighted by Crippen LogP contribution is -2.00. The number of benzene rings is 7. The fraction of sp³-hybridized carbons (Fsp3) is 0. The molecule has 0 radical (unpaired) electrons. The van der Waals surface area contributed by atoms with E-state index in [2.05, 4.69) is 78.9 Å². The maximum Gasteiger partial charge on any atom is 0.164 e. The van der Waals surface area contributed by atoms with E-state index in [9.17, 15) is 5.26 Å². The smallest absolute Gasteiger partial charge is 0.164 e. The van der Waals surface area contributed by atoms with Crippen LogP contribution in [0.15, 0.2) is 162 Å². The molecule has 0 aliphatic heterocycles. The molecule has 0 saturated carbocycles. The monoisotopic (exact) mass is 682 g/mol. The summed E-state index contributed by atoms with van der Waals surface area (Å²) < 4.78 is 8.81. The number of furan rings is 1. The van der Waals surface area contributed by atoms with Crippen LogP contribution in [0.5, 0.6) is 0 Å². The highest BCUT2D eigenvalue weighted by Gasteiger charge is 2.18. The van der Waals surface area contributed by atoms with Crippen LogP contribution in [0.3, 0.4) is 0 Å². The van der Waals surface area contributed by atoms with Gasteiger partial charge in [0.05, 0.1) is 11.6 Å². The Hall–Kier alpha value is -6.94. The topological polar surface area (TPSA) is 75.6 Å². The maximum absolute atomic E-state index is 10.2. The Bertz CT molecular complexity index is 2970. The molecule has 0 atom stereocenters. The van der Waals surface area contributed by atoms with Gasteiger partial charge in [0.15, 0.2) is 17.5 Å². The highest BCUT2D eigenvalue weighted by atomic mass is 32.1. The van der Waals surface area contributed by atoms with E-state index in [1.54, 1.807) is 11.3 Å². The average molecular weight is 683 g/mol. The third kappa shape index (κ3) is 5.03. The van der Waals surface area contributed by atoms with Crippen molar-refractivity contribution >= 4 is 53.4 Å². The normalized spacial score (nSPS) is 11.4. The van der Waals surface area contributed by atoms with Crippen LogP contribution in [0.25, 0.3) is 98.5 Å². The van der Waals surface area contributed by atoms with Crippen molar-refractivity contribution in [2.75, 3.05) is 0 Å². The van der Waals surface area contributed by atoms with Crippen molar-refractivity contribution in [3.8, 4) is 62.5 Å². The Morgan fingerprint density at radius 3 is 1.81 bits per heavy atom. The molecule has 7 aromatic carbocycles. The Morgan fingerprint density at radius 1 is 0.462 bits per heavy atom. The minimum absolute atomic E-state index is 0.512. The molecule has 3 heterocycles. The maximum atomic E-state index is 10.2. The number of hydrogen-bond acceptors (Lipinski definition) is 6. The lowest BCUT2D eigenvalue weighted by Gasteiger charge is -2.10. The van der Waals surface area contributed by atoms with Gasteiger partial charge in [-0.3, -0.25) is 0 Å². The van der Waals surface area contributed by atoms with Gasteiger partial charge in [0, 0.05) is 58.8 Å². The summed E-state index contributed by atoms with van der Waals surface area (Å²) in [6.45, 7) is 0. The number of rotatable bonds is 5. The van der Waals surface area contributed by atoms with E-state index in [1.807, 2.05) is 84.9 Å². The molecule has 0 aliphatic rings. The minimum atomic E-state index is 0.512. The van der Waals surface area contributed by atoms with Gasteiger partial charge in [0.2, 0.25) is 0 Å². The largest absolute Gasteiger partial charge is 0.455 e. The first-order valence-corrected chi connectivity index (χ1v) is 17.8. The molecule has 0 unspecified atom stereocenters. The Labute approximate surface area is 302 Å². The van der Waals surface area contributed by atoms with Crippen LogP contribution >= 0.6 is 11.3 Å². The number of nitrogens with zero attached hydrogens (tertiary/aromatic N) is 4. The fourth-order valence-corrected chi connectivity index (χ4v) is 8.34. The molecule has 10 aromatic rings. The lowest BCUT2D eigenvalue weighted by atomic mass is 9.97. The second-order valence-corrected chi connectivity index (χ2v) is 13.8. The summed E-state index contributed by atoms with van der Waals surface area (Å²) in [7, 11) is 0. The first-order valence-electron chi connectivity index (χ1n) is 17.0. The first kappa shape index (κ1) is 29.9. The van der Waals surface area contributed by atoms with E-state index < -0.39 is 0 Å². The summed E-state index contributed by atoms with van der Waals surface area (Å²) in [5.41, 5.74) is 9.04. The average Bonchev–Trinajstić information content (AvgIpc) is 3.79. The van der Waals surface area contributed by atoms with E-state index in [-0.39, 0.29) is 0 Å². The Balaban J connectivity index is 1.11. The van der Waals surface area contributed by atoms with Gasteiger partial charge in [-0.25, -0.2) is 15.0 Å². The van der Waals surface area contributed by atoms with Crippen molar-refractivity contribution in [3.63, 3.8) is 0 Å². The number of nitriles is 1. The van der Waals surface area contributed by atoms with Gasteiger partial charge < -0.3 is 4.42 Å². The quantitative estimate of drug-likeness (QED) is 0.181. The van der Waals surface area contributed by atoms with E-state index in [1.165, 1.54) is 20.2 Å². The summed E-state index contributed by atoms with van der Waals surface area (Å²) in [4.78, 5) is 14.7. The minimum Gasteiger partial charge on any atom is -0.455 e. The zero-order chi connectivity index (χ0) is 34.6. The molecule has 0 spiro atoms. The zero-order valence-electron chi connectivity index (χ0n) is 27.6. The number of fused-ring (bicyclic) bond motifs is 6. The second kappa shape index (κ2) is 12.1. The number of hydrogen-bond donors (Lipinski definition) is 0. The van der Waals surface area contributed by atoms with Gasteiger partial charge >= 0.3 is 0 Å². The summed E-state index contributed by atoms with van der Waals surface area (Å²) in [5.74, 6) is 1.67. The Kier molecular flexibility index (Phi) is 6.98. The molecule has 6 heteroatoms. The van der Waals surface area contributed by atoms with Gasteiger partial charge in [0.25, 0.3) is 0 Å². The fourth-order valence-electron chi connectivity index (χ4n) is 7.07. The SMILES string of the molecule is N#Cc1cc(-c2ccc3c(c2)sc2c(-c4cccc5c4oc4ccccc45)cccc23)cc(-c2nc(-c3ccccc3)nc(-c3ccccc3)n2)c1. The molecule has 10 rings (SSSR count). The Morgan fingerprint density at radius 2 is 1.08 bits per heavy atom. The van der Waals surface area contributed by atoms with Gasteiger partial charge in [0.1, 0.15) is 11.2 Å². The van der Waals surface area contributed by atoms with Crippen molar-refractivity contribution in [2.24, 2.45) is 0 Å². The van der Waals surface area contributed by atoms with Crippen molar-refractivity contribution in [1.29, 1.82) is 5.26 Å². The second-order valence-electron chi connectivity index (χ2n) is 12.7. The first-order chi connectivity index (χ1) is 25.7. The predicted molar refractivity (Wildman–Crippen MR) is 212 cm³/mol. The molecular formula is C46H26N4OS. The van der Waals surface area contributed by atoms with Crippen LogP contribution in [0.2, 0.25) is 0 Å². The van der Waals surface area contributed by atoms with E-state index in [0.29, 0.717) is 23.0 Å². The standard InChI is InChI=1S/C46H26N4OS/c47-27-28-23-32(25-33(24-28)46-49-44(29-11-3-1-4-12-29)48-45(50-46)30-13-5-2-6-14-30)31-21-22-35-38-18-10-19-39(43(38)52-41(35)26-31)37-17-9-16-36-34-15-7-8-20-40(34)51-42(36)37/h1-26H. The molecule has 0 aliphatic carbocycles. The summed E-state index contributed by atoms with van der Waals surface area (Å²) in [6.07, 6.45) is 0. The van der Waals surface area contributed by atoms with Crippen LogP contribution in [0.4, 0.5) is 0 Å². The highest BCUT2D eigenvalue weighted by molar-refractivity contribution is 7.26. The van der Waals surface area contributed by atoms with Crippen molar-refractivity contribution in [2.45, 2.75) is 0 Å². The lowest BCUT2D eigenvalue weighted by molar-refractivity contribution is 0.670. The predicted octanol–water partition coefficient (Wildman–Crippen LogP) is 12.3. The highest BCUT2D eigenvalue weighted by Crippen LogP contribution is 2.44. The van der Waals surface area contributed by atoms with Gasteiger partial charge in [-0.05, 0) is 41.5 Å². The van der Waals surface area contributed by atoms with Crippen LogP contribution < -0.4 is 0 Å². The summed E-state index contributed by atoms with van der Waals surface area (Å²) in [5, 5.41) is 14.8. The van der Waals surface area contributed by atoms with Crippen molar-refractivity contribution in [3.05, 3.63) is 163 Å². The number of aromatic nitrogens is 3. The third-order valence-electron chi connectivity index (χ3n) is 9.55. The molecule has 0 saturated heterocycles. The summed E-state index contributed by atoms with van der Waals surface area (Å²) in [6, 6.07) is 55.7. The van der Waals surface area contributed by atoms with E-state index in [0.717, 1.165) is 60.9 Å². The van der Waals surface area contributed by atoms with Gasteiger partial charge in [-0.15, -0.1) is 11.3 Å². The molecule has 5 nitrogen and oxygen atoms in total. The molecule has 0 bridgehead atoms. The molecule has 0 N–H and O–H groups in total. The van der Waals surface area contributed by atoms with Crippen molar-refractivity contribution in [1.82, 2.24) is 15.0 Å². The van der Waals surface area contributed by atoms with Gasteiger partial charge in [-0.2, -0.15) is 5.26 Å². The molecule has 242 valence electrons.